The zero-order chi connectivity index (χ0) is 15.1. The SMILES string of the molecule is CC1CCC(C)CC(CCC(=O)C2C(C)(C)C2(C)C)C1. The molecule has 116 valence electrons. The summed E-state index contributed by atoms with van der Waals surface area (Å²) >= 11 is 0. The Balaban J connectivity index is 1.85. The first-order chi connectivity index (χ1) is 9.16. The Morgan fingerprint density at radius 2 is 1.40 bits per heavy atom. The molecule has 2 aliphatic carbocycles. The summed E-state index contributed by atoms with van der Waals surface area (Å²) in [6.07, 6.45) is 7.41. The minimum absolute atomic E-state index is 0.216. The van der Waals surface area contributed by atoms with E-state index in [9.17, 15) is 4.79 Å². The van der Waals surface area contributed by atoms with Crippen LogP contribution in [0, 0.1) is 34.5 Å². The summed E-state index contributed by atoms with van der Waals surface area (Å²) < 4.78 is 0. The van der Waals surface area contributed by atoms with Crippen LogP contribution < -0.4 is 0 Å². The van der Waals surface area contributed by atoms with Crippen molar-refractivity contribution in [3.63, 3.8) is 0 Å². The molecule has 2 saturated carbocycles. The molecular weight excluding hydrogens is 244 g/mol. The van der Waals surface area contributed by atoms with Gasteiger partial charge in [0.2, 0.25) is 0 Å². The van der Waals surface area contributed by atoms with Crippen molar-refractivity contribution in [2.75, 3.05) is 0 Å². The Hall–Kier alpha value is -0.330. The molecule has 0 amide bonds. The van der Waals surface area contributed by atoms with Crippen LogP contribution in [0.1, 0.15) is 80.1 Å². The van der Waals surface area contributed by atoms with Crippen molar-refractivity contribution < 1.29 is 4.79 Å². The molecule has 0 radical (unpaired) electrons. The average molecular weight is 278 g/mol. The number of carbonyl (C=O) groups is 1. The average Bonchev–Trinajstić information content (AvgIpc) is 2.80. The zero-order valence-corrected chi connectivity index (χ0v) is 14.5. The fraction of sp³-hybridized carbons (Fsp3) is 0.947. The van der Waals surface area contributed by atoms with E-state index in [1.165, 1.54) is 25.7 Å². The van der Waals surface area contributed by atoms with Gasteiger partial charge in [-0.25, -0.2) is 0 Å². The number of hydrogen-bond donors (Lipinski definition) is 0. The molecule has 2 atom stereocenters. The summed E-state index contributed by atoms with van der Waals surface area (Å²) in [7, 11) is 0. The highest BCUT2D eigenvalue weighted by molar-refractivity contribution is 5.86. The summed E-state index contributed by atoms with van der Waals surface area (Å²) in [5.41, 5.74) is 0.433. The van der Waals surface area contributed by atoms with E-state index in [0.29, 0.717) is 11.7 Å². The topological polar surface area (TPSA) is 17.1 Å². The van der Waals surface area contributed by atoms with Gasteiger partial charge in [-0.1, -0.05) is 54.4 Å². The number of ketones is 1. The largest absolute Gasteiger partial charge is 0.299 e. The van der Waals surface area contributed by atoms with E-state index >= 15 is 0 Å². The van der Waals surface area contributed by atoms with E-state index in [-0.39, 0.29) is 10.8 Å². The third-order valence-corrected chi connectivity index (χ3v) is 6.77. The highest BCUT2D eigenvalue weighted by atomic mass is 16.1. The van der Waals surface area contributed by atoms with Crippen LogP contribution in [0.5, 0.6) is 0 Å². The maximum absolute atomic E-state index is 12.5. The Morgan fingerprint density at radius 3 is 1.80 bits per heavy atom. The molecular formula is C19H34O. The van der Waals surface area contributed by atoms with Crippen LogP contribution in [-0.4, -0.2) is 5.78 Å². The molecule has 20 heavy (non-hydrogen) atoms. The number of Topliss-reactive ketones (excluding diaryl/α,β-unsaturated/α-hetero) is 1. The molecule has 2 unspecified atom stereocenters. The predicted octanol–water partition coefficient (Wildman–Crippen LogP) is 5.48. The van der Waals surface area contributed by atoms with Gasteiger partial charge in [0.1, 0.15) is 5.78 Å². The van der Waals surface area contributed by atoms with E-state index in [4.69, 9.17) is 0 Å². The predicted molar refractivity (Wildman–Crippen MR) is 85.6 cm³/mol. The number of carbonyl (C=O) groups excluding carboxylic acids is 1. The van der Waals surface area contributed by atoms with Crippen LogP contribution >= 0.6 is 0 Å². The minimum Gasteiger partial charge on any atom is -0.299 e. The lowest BCUT2D eigenvalue weighted by molar-refractivity contribution is -0.121. The van der Waals surface area contributed by atoms with Crippen molar-refractivity contribution in [3.05, 3.63) is 0 Å². The van der Waals surface area contributed by atoms with Crippen LogP contribution in [0.25, 0.3) is 0 Å². The van der Waals surface area contributed by atoms with E-state index < -0.39 is 0 Å². The molecule has 1 heteroatoms. The molecule has 2 fully saturated rings. The van der Waals surface area contributed by atoms with Gasteiger partial charge in [0.15, 0.2) is 0 Å². The minimum atomic E-state index is 0.216. The van der Waals surface area contributed by atoms with Crippen LogP contribution in [-0.2, 0) is 4.79 Å². The first kappa shape index (κ1) is 16.0. The highest BCUT2D eigenvalue weighted by Crippen LogP contribution is 2.69. The molecule has 2 aliphatic rings. The zero-order valence-electron chi connectivity index (χ0n) is 14.5. The van der Waals surface area contributed by atoms with Gasteiger partial charge in [0, 0.05) is 12.3 Å². The van der Waals surface area contributed by atoms with E-state index in [2.05, 4.69) is 41.5 Å². The second-order valence-electron chi connectivity index (χ2n) is 9.01. The quantitative estimate of drug-likeness (QED) is 0.622. The third kappa shape index (κ3) is 2.97. The summed E-state index contributed by atoms with van der Waals surface area (Å²) in [6, 6.07) is 0. The molecule has 0 aliphatic heterocycles. The lowest BCUT2D eigenvalue weighted by Gasteiger charge is -2.18. The molecule has 0 aromatic rings. The van der Waals surface area contributed by atoms with Gasteiger partial charge in [-0.15, -0.1) is 0 Å². The van der Waals surface area contributed by atoms with Crippen molar-refractivity contribution in [3.8, 4) is 0 Å². The van der Waals surface area contributed by atoms with E-state index in [1.54, 1.807) is 0 Å². The van der Waals surface area contributed by atoms with Crippen LogP contribution in [0.2, 0.25) is 0 Å². The van der Waals surface area contributed by atoms with Crippen molar-refractivity contribution in [2.45, 2.75) is 80.1 Å². The van der Waals surface area contributed by atoms with Gasteiger partial charge in [0.05, 0.1) is 0 Å². The molecule has 0 bridgehead atoms. The third-order valence-electron chi connectivity index (χ3n) is 6.77. The molecule has 1 nitrogen and oxygen atoms in total. The fourth-order valence-corrected chi connectivity index (χ4v) is 4.77. The number of hydrogen-bond acceptors (Lipinski definition) is 1. The van der Waals surface area contributed by atoms with E-state index in [0.717, 1.165) is 30.6 Å². The first-order valence-corrected chi connectivity index (χ1v) is 8.69. The van der Waals surface area contributed by atoms with Gasteiger partial charge in [-0.2, -0.15) is 0 Å². The van der Waals surface area contributed by atoms with Crippen molar-refractivity contribution >= 4 is 5.78 Å². The van der Waals surface area contributed by atoms with Gasteiger partial charge in [-0.3, -0.25) is 4.79 Å². The summed E-state index contributed by atoms with van der Waals surface area (Å²) in [5, 5.41) is 0. The molecule has 0 N–H and O–H groups in total. The number of rotatable bonds is 4. The molecule has 0 spiro atoms. The second kappa shape index (κ2) is 5.46. The molecule has 0 saturated heterocycles. The van der Waals surface area contributed by atoms with Gasteiger partial charge in [-0.05, 0) is 47.8 Å². The first-order valence-electron chi connectivity index (χ1n) is 8.69. The lowest BCUT2D eigenvalue weighted by atomic mass is 9.87. The van der Waals surface area contributed by atoms with Gasteiger partial charge < -0.3 is 0 Å². The van der Waals surface area contributed by atoms with Gasteiger partial charge in [0.25, 0.3) is 0 Å². The smallest absolute Gasteiger partial charge is 0.137 e. The van der Waals surface area contributed by atoms with Gasteiger partial charge >= 0.3 is 0 Å². The molecule has 0 heterocycles. The maximum Gasteiger partial charge on any atom is 0.137 e. The van der Waals surface area contributed by atoms with Crippen molar-refractivity contribution in [2.24, 2.45) is 34.5 Å². The monoisotopic (exact) mass is 278 g/mol. The normalized spacial score (nSPS) is 36.4. The molecule has 0 aromatic heterocycles. The summed E-state index contributed by atoms with van der Waals surface area (Å²) in [6.45, 7) is 13.8. The van der Waals surface area contributed by atoms with Crippen molar-refractivity contribution in [1.29, 1.82) is 0 Å². The standard InChI is InChI=1S/C19H34O/c1-13-7-8-14(2)12-15(11-13)9-10-16(20)17-18(3,4)19(17,5)6/h13-15,17H,7-12H2,1-6H3. The Kier molecular flexibility index (Phi) is 4.38. The Bertz CT molecular complexity index is 340. The Morgan fingerprint density at radius 1 is 0.950 bits per heavy atom. The van der Waals surface area contributed by atoms with Crippen LogP contribution in [0.4, 0.5) is 0 Å². The molecule has 0 aromatic carbocycles. The van der Waals surface area contributed by atoms with Crippen LogP contribution in [0.3, 0.4) is 0 Å². The maximum atomic E-state index is 12.5. The van der Waals surface area contributed by atoms with Crippen LogP contribution in [0.15, 0.2) is 0 Å². The highest BCUT2D eigenvalue weighted by Gasteiger charge is 2.67. The van der Waals surface area contributed by atoms with Crippen molar-refractivity contribution in [1.82, 2.24) is 0 Å². The summed E-state index contributed by atoms with van der Waals surface area (Å²) in [5.74, 6) is 3.33. The van der Waals surface area contributed by atoms with E-state index in [1.807, 2.05) is 0 Å². The fourth-order valence-electron chi connectivity index (χ4n) is 4.77. The second-order valence-corrected chi connectivity index (χ2v) is 9.01. The Labute approximate surface area is 125 Å². The lowest BCUT2D eigenvalue weighted by Crippen LogP contribution is -2.12. The summed E-state index contributed by atoms with van der Waals surface area (Å²) in [4.78, 5) is 12.5. The molecule has 2 rings (SSSR count).